The summed E-state index contributed by atoms with van der Waals surface area (Å²) in [5.41, 5.74) is 3.39. The van der Waals surface area contributed by atoms with E-state index in [9.17, 15) is 4.79 Å². The Balaban J connectivity index is 1.39. The zero-order valence-corrected chi connectivity index (χ0v) is 16.5. The average Bonchev–Trinajstić information content (AvgIpc) is 2.75. The summed E-state index contributed by atoms with van der Waals surface area (Å²) in [6.07, 6.45) is 5.39. The van der Waals surface area contributed by atoms with Crippen molar-refractivity contribution in [1.82, 2.24) is 20.2 Å². The lowest BCUT2D eigenvalue weighted by Gasteiger charge is -2.32. The van der Waals surface area contributed by atoms with Gasteiger partial charge in [-0.25, -0.2) is 9.97 Å². The molecular weight excluding hydrogens is 352 g/mol. The molecule has 1 aromatic carbocycles. The number of carbonyl (C=O) groups excluding carboxylic acids is 1. The van der Waals surface area contributed by atoms with Crippen molar-refractivity contribution in [2.75, 3.05) is 26.2 Å². The number of piperidine rings is 1. The fourth-order valence-electron chi connectivity index (χ4n) is 4.02. The predicted molar refractivity (Wildman–Crippen MR) is 107 cm³/mol. The molecular formula is C22H28N4O2. The number of nitrogens with zero attached hydrogens (tertiary/aromatic N) is 3. The first kappa shape index (κ1) is 18.9. The lowest BCUT2D eigenvalue weighted by atomic mass is 9.96. The van der Waals surface area contributed by atoms with E-state index in [0.29, 0.717) is 19.6 Å². The Labute approximate surface area is 166 Å². The minimum Gasteiger partial charge on any atom is -0.494 e. The van der Waals surface area contributed by atoms with Crippen molar-refractivity contribution in [3.8, 4) is 5.75 Å². The molecule has 1 unspecified atom stereocenters. The van der Waals surface area contributed by atoms with Crippen molar-refractivity contribution in [2.24, 2.45) is 0 Å². The summed E-state index contributed by atoms with van der Waals surface area (Å²) in [5, 5.41) is 3.35. The van der Waals surface area contributed by atoms with Gasteiger partial charge in [-0.3, -0.25) is 4.79 Å². The zero-order valence-electron chi connectivity index (χ0n) is 16.5. The van der Waals surface area contributed by atoms with Crippen LogP contribution in [-0.4, -0.2) is 47.0 Å². The van der Waals surface area contributed by atoms with Crippen LogP contribution >= 0.6 is 0 Å². The van der Waals surface area contributed by atoms with Gasteiger partial charge in [0.15, 0.2) is 0 Å². The van der Waals surface area contributed by atoms with Crippen LogP contribution in [0.3, 0.4) is 0 Å². The van der Waals surface area contributed by atoms with Crippen molar-refractivity contribution in [3.05, 3.63) is 53.1 Å². The summed E-state index contributed by atoms with van der Waals surface area (Å²) in [5.74, 6) is 2.16. The largest absolute Gasteiger partial charge is 0.494 e. The molecule has 1 saturated heterocycles. The number of carbonyl (C=O) groups is 1. The second kappa shape index (κ2) is 8.69. The van der Waals surface area contributed by atoms with Crippen molar-refractivity contribution in [1.29, 1.82) is 0 Å². The summed E-state index contributed by atoms with van der Waals surface area (Å²) in [7, 11) is 0. The molecule has 0 aliphatic carbocycles. The first-order chi connectivity index (χ1) is 13.7. The molecule has 0 spiro atoms. The summed E-state index contributed by atoms with van der Waals surface area (Å²) < 4.78 is 5.47. The van der Waals surface area contributed by atoms with Gasteiger partial charge in [0.05, 0.1) is 13.0 Å². The van der Waals surface area contributed by atoms with Crippen LogP contribution in [0.4, 0.5) is 0 Å². The van der Waals surface area contributed by atoms with Crippen LogP contribution < -0.4 is 10.1 Å². The van der Waals surface area contributed by atoms with E-state index in [0.717, 1.165) is 56.0 Å². The van der Waals surface area contributed by atoms with Crippen LogP contribution in [0.25, 0.3) is 0 Å². The SMILES string of the molecule is CCOc1ccc(CC(=O)N2CCCC(c3ncc4c(n3)CCNC4)C2)cc1. The van der Waals surface area contributed by atoms with Gasteiger partial charge in [0.25, 0.3) is 0 Å². The molecule has 6 heteroatoms. The summed E-state index contributed by atoms with van der Waals surface area (Å²) in [4.78, 5) is 24.3. The standard InChI is InChI=1S/C22H28N4O2/c1-2-28-19-7-5-16(6-8-19)12-21(27)26-11-3-4-17(15-26)22-24-14-18-13-23-10-9-20(18)25-22/h5-8,14,17,23H,2-4,9-13,15H2,1H3. The van der Waals surface area contributed by atoms with Crippen molar-refractivity contribution < 1.29 is 9.53 Å². The molecule has 0 saturated carbocycles. The molecule has 2 aromatic rings. The molecule has 0 radical (unpaired) electrons. The minimum absolute atomic E-state index is 0.177. The molecule has 2 aliphatic heterocycles. The Morgan fingerprint density at radius 3 is 3.00 bits per heavy atom. The van der Waals surface area contributed by atoms with Gasteiger partial charge in [-0.1, -0.05) is 12.1 Å². The monoisotopic (exact) mass is 380 g/mol. The highest BCUT2D eigenvalue weighted by atomic mass is 16.5. The van der Waals surface area contributed by atoms with Gasteiger partial charge in [0, 0.05) is 56.0 Å². The molecule has 1 atom stereocenters. The lowest BCUT2D eigenvalue weighted by molar-refractivity contribution is -0.131. The molecule has 148 valence electrons. The molecule has 1 fully saturated rings. The number of fused-ring (bicyclic) bond motifs is 1. The van der Waals surface area contributed by atoms with E-state index in [-0.39, 0.29) is 11.8 Å². The minimum atomic E-state index is 0.177. The highest BCUT2D eigenvalue weighted by molar-refractivity contribution is 5.79. The highest BCUT2D eigenvalue weighted by Gasteiger charge is 2.27. The summed E-state index contributed by atoms with van der Waals surface area (Å²) in [6, 6.07) is 7.82. The van der Waals surface area contributed by atoms with E-state index < -0.39 is 0 Å². The molecule has 1 amide bonds. The molecule has 2 aliphatic rings. The maximum absolute atomic E-state index is 12.8. The normalized spacial score (nSPS) is 19.2. The van der Waals surface area contributed by atoms with E-state index >= 15 is 0 Å². The number of hydrogen-bond acceptors (Lipinski definition) is 5. The molecule has 4 rings (SSSR count). The summed E-state index contributed by atoms with van der Waals surface area (Å²) >= 11 is 0. The molecule has 1 aromatic heterocycles. The van der Waals surface area contributed by atoms with Gasteiger partial charge in [-0.15, -0.1) is 0 Å². The Hall–Kier alpha value is -2.47. The van der Waals surface area contributed by atoms with Gasteiger partial charge in [-0.05, 0) is 37.5 Å². The topological polar surface area (TPSA) is 67.3 Å². The van der Waals surface area contributed by atoms with E-state index in [1.165, 1.54) is 11.3 Å². The van der Waals surface area contributed by atoms with E-state index in [1.807, 2.05) is 42.3 Å². The van der Waals surface area contributed by atoms with Gasteiger partial charge in [-0.2, -0.15) is 0 Å². The van der Waals surface area contributed by atoms with Gasteiger partial charge >= 0.3 is 0 Å². The Kier molecular flexibility index (Phi) is 5.86. The van der Waals surface area contributed by atoms with E-state index in [4.69, 9.17) is 9.72 Å². The highest BCUT2D eigenvalue weighted by Crippen LogP contribution is 2.26. The van der Waals surface area contributed by atoms with Crippen LogP contribution in [0.1, 0.15) is 48.3 Å². The first-order valence-corrected chi connectivity index (χ1v) is 10.3. The average molecular weight is 380 g/mol. The number of likely N-dealkylation sites (tertiary alicyclic amines) is 1. The quantitative estimate of drug-likeness (QED) is 0.863. The van der Waals surface area contributed by atoms with Crippen molar-refractivity contribution in [2.45, 2.75) is 45.1 Å². The van der Waals surface area contributed by atoms with Gasteiger partial charge < -0.3 is 15.0 Å². The predicted octanol–water partition coefficient (Wildman–Crippen LogP) is 2.47. The number of aromatic nitrogens is 2. The third-order valence-corrected chi connectivity index (χ3v) is 5.56. The second-order valence-corrected chi connectivity index (χ2v) is 7.56. The molecule has 28 heavy (non-hydrogen) atoms. The Bertz CT molecular complexity index is 822. The van der Waals surface area contributed by atoms with Crippen LogP contribution in [0, 0.1) is 0 Å². The fourth-order valence-corrected chi connectivity index (χ4v) is 4.02. The maximum atomic E-state index is 12.8. The number of amides is 1. The second-order valence-electron chi connectivity index (χ2n) is 7.56. The van der Waals surface area contributed by atoms with E-state index in [2.05, 4.69) is 10.3 Å². The Morgan fingerprint density at radius 1 is 1.32 bits per heavy atom. The molecule has 3 heterocycles. The fraction of sp³-hybridized carbons (Fsp3) is 0.500. The van der Waals surface area contributed by atoms with E-state index in [1.54, 1.807) is 0 Å². The lowest BCUT2D eigenvalue weighted by Crippen LogP contribution is -2.40. The number of benzene rings is 1. The third-order valence-electron chi connectivity index (χ3n) is 5.56. The smallest absolute Gasteiger partial charge is 0.227 e. The van der Waals surface area contributed by atoms with Crippen molar-refractivity contribution >= 4 is 5.91 Å². The van der Waals surface area contributed by atoms with Crippen LogP contribution in [-0.2, 0) is 24.2 Å². The van der Waals surface area contributed by atoms with Crippen LogP contribution in [0.5, 0.6) is 5.75 Å². The Morgan fingerprint density at radius 2 is 2.18 bits per heavy atom. The summed E-state index contributed by atoms with van der Waals surface area (Å²) in [6.45, 7) is 5.98. The number of hydrogen-bond donors (Lipinski definition) is 1. The number of rotatable bonds is 5. The zero-order chi connectivity index (χ0) is 19.3. The van der Waals surface area contributed by atoms with Crippen LogP contribution in [0.15, 0.2) is 30.5 Å². The number of nitrogens with one attached hydrogen (secondary N) is 1. The third kappa shape index (κ3) is 4.33. The molecule has 0 bridgehead atoms. The van der Waals surface area contributed by atoms with Crippen LogP contribution in [0.2, 0.25) is 0 Å². The van der Waals surface area contributed by atoms with Gasteiger partial charge in [0.2, 0.25) is 5.91 Å². The molecule has 6 nitrogen and oxygen atoms in total. The molecule has 1 N–H and O–H groups in total. The van der Waals surface area contributed by atoms with Gasteiger partial charge in [0.1, 0.15) is 11.6 Å². The van der Waals surface area contributed by atoms with Crippen molar-refractivity contribution in [3.63, 3.8) is 0 Å². The number of ether oxygens (including phenoxy) is 1. The first-order valence-electron chi connectivity index (χ1n) is 10.3. The maximum Gasteiger partial charge on any atom is 0.227 e.